The number of amides is 1. The monoisotopic (exact) mass is 470 g/mol. The first-order valence-corrected chi connectivity index (χ1v) is 11.7. The van der Waals surface area contributed by atoms with E-state index in [1.807, 2.05) is 73.9 Å². The Morgan fingerprint density at radius 2 is 2.00 bits per heavy atom. The first-order valence-electron chi connectivity index (χ1n) is 10.3. The zero-order valence-electron chi connectivity index (χ0n) is 18.4. The number of nitrogens with one attached hydrogen (secondary N) is 1. The number of thioether (sulfide) groups is 1. The summed E-state index contributed by atoms with van der Waals surface area (Å²) in [5, 5.41) is 12.8. The van der Waals surface area contributed by atoms with E-state index in [0.717, 1.165) is 11.1 Å². The molecular formula is C24H27ClN4O2S. The minimum atomic E-state index is -0.386. The van der Waals surface area contributed by atoms with Crippen LogP contribution in [0.5, 0.6) is 5.75 Å². The van der Waals surface area contributed by atoms with Crippen LogP contribution in [0.25, 0.3) is 0 Å². The van der Waals surface area contributed by atoms with E-state index in [-0.39, 0.29) is 23.8 Å². The summed E-state index contributed by atoms with van der Waals surface area (Å²) >= 11 is 7.60. The maximum absolute atomic E-state index is 12.5. The topological polar surface area (TPSA) is 69.0 Å². The fourth-order valence-corrected chi connectivity index (χ4v) is 4.12. The molecule has 0 fully saturated rings. The molecule has 0 aliphatic rings. The van der Waals surface area contributed by atoms with Crippen LogP contribution in [-0.4, -0.2) is 26.4 Å². The number of nitrogens with zero attached hydrogens (tertiary/aromatic N) is 3. The summed E-state index contributed by atoms with van der Waals surface area (Å²) in [5.74, 6) is 1.39. The van der Waals surface area contributed by atoms with Crippen LogP contribution >= 0.6 is 23.4 Å². The standard InChI is InChI=1S/C24H27ClN4O2S/c1-5-13-29-23(18(4)31-21-14-16(2)11-12-20(21)25)27-28-24(29)32-15-22(30)26-17(3)19-9-7-6-8-10-19/h5-12,14,17-18H,1,13,15H2,2-4H3,(H,26,30). The number of aromatic nitrogens is 3. The van der Waals surface area contributed by atoms with Gasteiger partial charge in [-0.1, -0.05) is 65.8 Å². The average Bonchev–Trinajstić information content (AvgIpc) is 3.18. The van der Waals surface area contributed by atoms with Crippen LogP contribution in [0.3, 0.4) is 0 Å². The van der Waals surface area contributed by atoms with Crippen LogP contribution in [0.15, 0.2) is 66.3 Å². The highest BCUT2D eigenvalue weighted by Crippen LogP contribution is 2.30. The van der Waals surface area contributed by atoms with Crippen molar-refractivity contribution in [1.82, 2.24) is 20.1 Å². The van der Waals surface area contributed by atoms with Crippen molar-refractivity contribution in [2.45, 2.75) is 44.6 Å². The van der Waals surface area contributed by atoms with Gasteiger partial charge in [-0.25, -0.2) is 0 Å². The molecule has 1 amide bonds. The SMILES string of the molecule is C=CCn1c(SCC(=O)NC(C)c2ccccc2)nnc1C(C)Oc1cc(C)ccc1Cl. The molecule has 3 rings (SSSR count). The van der Waals surface area contributed by atoms with E-state index in [2.05, 4.69) is 22.1 Å². The van der Waals surface area contributed by atoms with Gasteiger partial charge < -0.3 is 10.1 Å². The Labute approximate surface area is 198 Å². The summed E-state index contributed by atoms with van der Waals surface area (Å²) in [4.78, 5) is 12.5. The molecule has 0 spiro atoms. The van der Waals surface area contributed by atoms with E-state index in [1.54, 1.807) is 6.08 Å². The predicted octanol–water partition coefficient (Wildman–Crippen LogP) is 5.54. The number of halogens is 1. The Bertz CT molecular complexity index is 1070. The number of allylic oxidation sites excluding steroid dienone is 1. The van der Waals surface area contributed by atoms with E-state index in [0.29, 0.717) is 28.3 Å². The predicted molar refractivity (Wildman–Crippen MR) is 129 cm³/mol. The van der Waals surface area contributed by atoms with Gasteiger partial charge in [0.2, 0.25) is 5.91 Å². The van der Waals surface area contributed by atoms with Crippen molar-refractivity contribution in [3.05, 3.63) is 83.2 Å². The normalized spacial score (nSPS) is 12.8. The summed E-state index contributed by atoms with van der Waals surface area (Å²) in [5.41, 5.74) is 2.11. The first-order chi connectivity index (χ1) is 15.4. The molecular weight excluding hydrogens is 444 g/mol. The van der Waals surface area contributed by atoms with E-state index in [1.165, 1.54) is 11.8 Å². The van der Waals surface area contributed by atoms with Crippen LogP contribution in [0.4, 0.5) is 0 Å². The van der Waals surface area contributed by atoms with Gasteiger partial charge in [-0.2, -0.15) is 0 Å². The lowest BCUT2D eigenvalue weighted by Gasteiger charge is -2.17. The number of rotatable bonds is 10. The van der Waals surface area contributed by atoms with Crippen LogP contribution in [0, 0.1) is 6.92 Å². The largest absolute Gasteiger partial charge is 0.481 e. The van der Waals surface area contributed by atoms with Gasteiger partial charge >= 0.3 is 0 Å². The van der Waals surface area contributed by atoms with Gasteiger partial charge in [0.1, 0.15) is 5.75 Å². The lowest BCUT2D eigenvalue weighted by atomic mass is 10.1. The van der Waals surface area contributed by atoms with Gasteiger partial charge in [-0.3, -0.25) is 9.36 Å². The molecule has 6 nitrogen and oxygen atoms in total. The fourth-order valence-electron chi connectivity index (χ4n) is 3.19. The molecule has 8 heteroatoms. The number of aryl methyl sites for hydroxylation is 1. The number of benzene rings is 2. The van der Waals surface area contributed by atoms with E-state index >= 15 is 0 Å². The summed E-state index contributed by atoms with van der Waals surface area (Å²) in [6, 6.07) is 15.4. The highest BCUT2D eigenvalue weighted by molar-refractivity contribution is 7.99. The molecule has 0 radical (unpaired) electrons. The zero-order valence-corrected chi connectivity index (χ0v) is 20.0. The van der Waals surface area contributed by atoms with E-state index in [4.69, 9.17) is 16.3 Å². The Morgan fingerprint density at radius 1 is 1.25 bits per heavy atom. The minimum absolute atomic E-state index is 0.0709. The third-order valence-corrected chi connectivity index (χ3v) is 6.10. The molecule has 0 aliphatic carbocycles. The summed E-state index contributed by atoms with van der Waals surface area (Å²) in [7, 11) is 0. The third-order valence-electron chi connectivity index (χ3n) is 4.82. The Morgan fingerprint density at radius 3 is 2.72 bits per heavy atom. The maximum atomic E-state index is 12.5. The second-order valence-electron chi connectivity index (χ2n) is 7.42. The molecule has 168 valence electrons. The summed E-state index contributed by atoms with van der Waals surface area (Å²) in [6.07, 6.45) is 1.38. The van der Waals surface area contributed by atoms with Crippen molar-refractivity contribution in [2.75, 3.05) is 5.75 Å². The van der Waals surface area contributed by atoms with Gasteiger partial charge in [-0.05, 0) is 44.0 Å². The molecule has 2 unspecified atom stereocenters. The van der Waals surface area contributed by atoms with E-state index < -0.39 is 0 Å². The number of carbonyl (C=O) groups is 1. The van der Waals surface area contributed by atoms with Crippen LogP contribution < -0.4 is 10.1 Å². The lowest BCUT2D eigenvalue weighted by molar-refractivity contribution is -0.119. The number of hydrogen-bond acceptors (Lipinski definition) is 5. The first kappa shape index (κ1) is 23.9. The molecule has 3 aromatic rings. The molecule has 1 heterocycles. The van der Waals surface area contributed by atoms with Crippen molar-refractivity contribution < 1.29 is 9.53 Å². The van der Waals surface area contributed by atoms with Crippen molar-refractivity contribution >= 4 is 29.3 Å². The molecule has 0 bridgehead atoms. The third kappa shape index (κ3) is 6.14. The highest BCUT2D eigenvalue weighted by Gasteiger charge is 2.21. The Hall–Kier alpha value is -2.77. The fraction of sp³-hybridized carbons (Fsp3) is 0.292. The second-order valence-corrected chi connectivity index (χ2v) is 8.77. The van der Waals surface area contributed by atoms with Gasteiger partial charge in [0.25, 0.3) is 0 Å². The summed E-state index contributed by atoms with van der Waals surface area (Å²) in [6.45, 7) is 10.2. The number of ether oxygens (including phenoxy) is 1. The van der Waals surface area contributed by atoms with Gasteiger partial charge in [0.15, 0.2) is 17.1 Å². The van der Waals surface area contributed by atoms with Gasteiger partial charge in [-0.15, -0.1) is 16.8 Å². The minimum Gasteiger partial charge on any atom is -0.481 e. The quantitative estimate of drug-likeness (QED) is 0.311. The van der Waals surface area contributed by atoms with Crippen molar-refractivity contribution in [3.63, 3.8) is 0 Å². The molecule has 0 saturated heterocycles. The highest BCUT2D eigenvalue weighted by atomic mass is 35.5. The molecule has 1 N–H and O–H groups in total. The van der Waals surface area contributed by atoms with E-state index in [9.17, 15) is 4.79 Å². The molecule has 0 aliphatic heterocycles. The van der Waals surface area contributed by atoms with Crippen molar-refractivity contribution in [2.24, 2.45) is 0 Å². The van der Waals surface area contributed by atoms with Gasteiger partial charge in [0.05, 0.1) is 16.8 Å². The molecule has 32 heavy (non-hydrogen) atoms. The second kappa shape index (κ2) is 11.2. The molecule has 0 saturated carbocycles. The van der Waals surface area contributed by atoms with Crippen LogP contribution in [-0.2, 0) is 11.3 Å². The van der Waals surface area contributed by atoms with Crippen LogP contribution in [0.1, 0.15) is 42.9 Å². The Kier molecular flexibility index (Phi) is 8.36. The smallest absolute Gasteiger partial charge is 0.230 e. The van der Waals surface area contributed by atoms with Crippen LogP contribution in [0.2, 0.25) is 5.02 Å². The number of carbonyl (C=O) groups excluding carboxylic acids is 1. The lowest BCUT2D eigenvalue weighted by Crippen LogP contribution is -2.28. The van der Waals surface area contributed by atoms with Crippen molar-refractivity contribution in [3.8, 4) is 5.75 Å². The van der Waals surface area contributed by atoms with Crippen molar-refractivity contribution in [1.29, 1.82) is 0 Å². The average molecular weight is 471 g/mol. The number of hydrogen-bond donors (Lipinski definition) is 1. The Balaban J connectivity index is 1.66. The molecule has 1 aromatic heterocycles. The summed E-state index contributed by atoms with van der Waals surface area (Å²) < 4.78 is 7.96. The van der Waals surface area contributed by atoms with Gasteiger partial charge in [0, 0.05) is 6.54 Å². The maximum Gasteiger partial charge on any atom is 0.230 e. The molecule has 2 aromatic carbocycles. The molecule has 2 atom stereocenters. The zero-order chi connectivity index (χ0) is 23.1.